The SMILES string of the molecule is COC(=O)C1CCN(c2cc(C(F)(F)F)ccc2C2CCNC2)CC1. The molecular formula is C18H23F3N2O2. The standard InChI is InChI=1S/C18H23F3N2O2/c1-25-17(24)12-5-8-23(9-6-12)16-10-14(18(19,20)21)2-3-15(16)13-4-7-22-11-13/h2-3,10,12-13,22H,4-9,11H2,1H3. The third-order valence-corrected chi connectivity index (χ3v) is 5.23. The minimum Gasteiger partial charge on any atom is -0.469 e. The van der Waals surface area contributed by atoms with Crippen LogP contribution in [0.3, 0.4) is 0 Å². The minimum atomic E-state index is -4.36. The average molecular weight is 356 g/mol. The fraction of sp³-hybridized carbons (Fsp3) is 0.611. The van der Waals surface area contributed by atoms with Gasteiger partial charge in [-0.15, -0.1) is 0 Å². The van der Waals surface area contributed by atoms with Gasteiger partial charge in [-0.05, 0) is 49.4 Å². The first-order chi connectivity index (χ1) is 11.9. The molecule has 0 saturated carbocycles. The van der Waals surface area contributed by atoms with E-state index in [9.17, 15) is 18.0 Å². The van der Waals surface area contributed by atoms with Gasteiger partial charge in [-0.1, -0.05) is 6.07 Å². The zero-order valence-corrected chi connectivity index (χ0v) is 14.2. The van der Waals surface area contributed by atoms with Crippen LogP contribution in [-0.2, 0) is 15.7 Å². The molecule has 25 heavy (non-hydrogen) atoms. The Balaban J connectivity index is 1.86. The third kappa shape index (κ3) is 3.92. The zero-order chi connectivity index (χ0) is 18.0. The number of benzene rings is 1. The number of alkyl halides is 3. The number of carbonyl (C=O) groups excluding carboxylic acids is 1. The van der Waals surface area contributed by atoms with E-state index < -0.39 is 11.7 Å². The van der Waals surface area contributed by atoms with E-state index in [-0.39, 0.29) is 17.8 Å². The highest BCUT2D eigenvalue weighted by atomic mass is 19.4. The molecule has 0 amide bonds. The number of nitrogens with one attached hydrogen (secondary N) is 1. The molecule has 0 aliphatic carbocycles. The molecule has 3 rings (SSSR count). The molecule has 138 valence electrons. The molecule has 2 fully saturated rings. The smallest absolute Gasteiger partial charge is 0.416 e. The van der Waals surface area contributed by atoms with Crippen LogP contribution in [0.4, 0.5) is 18.9 Å². The third-order valence-electron chi connectivity index (χ3n) is 5.23. The van der Waals surface area contributed by atoms with Gasteiger partial charge in [-0.2, -0.15) is 13.2 Å². The van der Waals surface area contributed by atoms with Gasteiger partial charge in [0, 0.05) is 25.3 Å². The Morgan fingerprint density at radius 1 is 1.24 bits per heavy atom. The van der Waals surface area contributed by atoms with Gasteiger partial charge >= 0.3 is 12.1 Å². The number of halogens is 3. The van der Waals surface area contributed by atoms with Crippen LogP contribution in [0.1, 0.15) is 36.3 Å². The van der Waals surface area contributed by atoms with Crippen molar-refractivity contribution in [1.82, 2.24) is 5.32 Å². The van der Waals surface area contributed by atoms with E-state index >= 15 is 0 Å². The summed E-state index contributed by atoms with van der Waals surface area (Å²) in [6.45, 7) is 2.80. The van der Waals surface area contributed by atoms with Crippen LogP contribution in [0.5, 0.6) is 0 Å². The summed E-state index contributed by atoms with van der Waals surface area (Å²) >= 11 is 0. The van der Waals surface area contributed by atoms with E-state index in [1.807, 2.05) is 4.90 Å². The van der Waals surface area contributed by atoms with Crippen LogP contribution in [0.15, 0.2) is 18.2 Å². The van der Waals surface area contributed by atoms with Gasteiger partial charge in [-0.25, -0.2) is 0 Å². The van der Waals surface area contributed by atoms with E-state index in [1.165, 1.54) is 19.2 Å². The second-order valence-corrected chi connectivity index (χ2v) is 6.75. The summed E-state index contributed by atoms with van der Waals surface area (Å²) in [6.07, 6.45) is -2.22. The number of piperidine rings is 1. The van der Waals surface area contributed by atoms with Crippen molar-refractivity contribution in [3.8, 4) is 0 Å². The molecule has 1 aromatic carbocycles. The Labute approximate surface area is 145 Å². The number of hydrogen-bond donors (Lipinski definition) is 1. The molecule has 2 heterocycles. The van der Waals surface area contributed by atoms with Gasteiger partial charge in [0.1, 0.15) is 0 Å². The highest BCUT2D eigenvalue weighted by Crippen LogP contribution is 2.38. The number of rotatable bonds is 3. The number of methoxy groups -OCH3 is 1. The lowest BCUT2D eigenvalue weighted by Gasteiger charge is -2.35. The van der Waals surface area contributed by atoms with Gasteiger partial charge < -0.3 is 15.0 Å². The van der Waals surface area contributed by atoms with Gasteiger partial charge in [0.2, 0.25) is 0 Å². The van der Waals surface area contributed by atoms with Crippen molar-refractivity contribution in [2.24, 2.45) is 5.92 Å². The summed E-state index contributed by atoms with van der Waals surface area (Å²) in [5.41, 5.74) is 1.01. The number of nitrogens with zero attached hydrogens (tertiary/aromatic N) is 1. The summed E-state index contributed by atoms with van der Waals surface area (Å²) in [5.74, 6) is -0.164. The topological polar surface area (TPSA) is 41.6 Å². The van der Waals surface area contributed by atoms with Crippen LogP contribution >= 0.6 is 0 Å². The summed E-state index contributed by atoms with van der Waals surface area (Å²) in [7, 11) is 1.37. The van der Waals surface area contributed by atoms with Crippen LogP contribution in [0.2, 0.25) is 0 Å². The predicted molar refractivity (Wildman–Crippen MR) is 88.6 cm³/mol. The molecule has 1 atom stereocenters. The van der Waals surface area contributed by atoms with Crippen LogP contribution < -0.4 is 10.2 Å². The fourth-order valence-corrected chi connectivity index (χ4v) is 3.78. The second-order valence-electron chi connectivity index (χ2n) is 6.75. The second kappa shape index (κ2) is 7.23. The Bertz CT molecular complexity index is 619. The molecule has 1 unspecified atom stereocenters. The number of carbonyl (C=O) groups is 1. The fourth-order valence-electron chi connectivity index (χ4n) is 3.78. The molecule has 1 aromatic rings. The number of hydrogen-bond acceptors (Lipinski definition) is 4. The first-order valence-corrected chi connectivity index (χ1v) is 8.64. The maximum atomic E-state index is 13.2. The van der Waals surface area contributed by atoms with Crippen molar-refractivity contribution in [3.63, 3.8) is 0 Å². The normalized spacial score (nSPS) is 22.2. The number of esters is 1. The van der Waals surface area contributed by atoms with Crippen molar-refractivity contribution >= 4 is 11.7 Å². The van der Waals surface area contributed by atoms with Gasteiger partial charge in [0.05, 0.1) is 18.6 Å². The number of anilines is 1. The van der Waals surface area contributed by atoms with Crippen LogP contribution in [-0.4, -0.2) is 39.3 Å². The van der Waals surface area contributed by atoms with Crippen LogP contribution in [0, 0.1) is 5.92 Å². The molecule has 7 heteroatoms. The summed E-state index contributed by atoms with van der Waals surface area (Å²) in [4.78, 5) is 13.7. The van der Waals surface area contributed by atoms with E-state index in [2.05, 4.69) is 5.32 Å². The van der Waals surface area contributed by atoms with Crippen molar-refractivity contribution in [2.75, 3.05) is 38.2 Å². The maximum absolute atomic E-state index is 13.2. The number of ether oxygens (including phenoxy) is 1. The molecule has 2 aliphatic heterocycles. The average Bonchev–Trinajstić information content (AvgIpc) is 3.14. The first-order valence-electron chi connectivity index (χ1n) is 8.64. The van der Waals surface area contributed by atoms with Crippen LogP contribution in [0.25, 0.3) is 0 Å². The van der Waals surface area contributed by atoms with Gasteiger partial charge in [0.25, 0.3) is 0 Å². The highest BCUT2D eigenvalue weighted by molar-refractivity contribution is 5.73. The quantitative estimate of drug-likeness (QED) is 0.845. The molecular weight excluding hydrogens is 333 g/mol. The molecule has 2 saturated heterocycles. The molecule has 0 radical (unpaired) electrons. The van der Waals surface area contributed by atoms with Crippen molar-refractivity contribution < 1.29 is 22.7 Å². The lowest BCUT2D eigenvalue weighted by Crippen LogP contribution is -2.37. The Morgan fingerprint density at radius 2 is 1.96 bits per heavy atom. The molecule has 4 nitrogen and oxygen atoms in total. The molecule has 2 aliphatic rings. The molecule has 0 spiro atoms. The summed E-state index contributed by atoms with van der Waals surface area (Å²) in [5, 5.41) is 3.27. The molecule has 0 aromatic heterocycles. The van der Waals surface area contributed by atoms with Crippen molar-refractivity contribution in [3.05, 3.63) is 29.3 Å². The largest absolute Gasteiger partial charge is 0.469 e. The van der Waals surface area contributed by atoms with E-state index in [1.54, 1.807) is 6.07 Å². The van der Waals surface area contributed by atoms with Crippen molar-refractivity contribution in [2.45, 2.75) is 31.4 Å². The van der Waals surface area contributed by atoms with E-state index in [0.717, 1.165) is 25.1 Å². The summed E-state index contributed by atoms with van der Waals surface area (Å²) in [6, 6.07) is 4.08. The predicted octanol–water partition coefficient (Wildman–Crippen LogP) is 3.17. The maximum Gasteiger partial charge on any atom is 0.416 e. The molecule has 0 bridgehead atoms. The van der Waals surface area contributed by atoms with E-state index in [4.69, 9.17) is 4.74 Å². The molecule has 1 N–H and O–H groups in total. The Kier molecular flexibility index (Phi) is 5.22. The lowest BCUT2D eigenvalue weighted by molar-refractivity contribution is -0.146. The van der Waals surface area contributed by atoms with Gasteiger partial charge in [0.15, 0.2) is 0 Å². The Morgan fingerprint density at radius 3 is 2.52 bits per heavy atom. The summed E-state index contributed by atoms with van der Waals surface area (Å²) < 4.78 is 44.3. The minimum absolute atomic E-state index is 0.163. The zero-order valence-electron chi connectivity index (χ0n) is 14.2. The Hall–Kier alpha value is -1.76. The first kappa shape index (κ1) is 18.0. The van der Waals surface area contributed by atoms with E-state index in [0.29, 0.717) is 31.6 Å². The van der Waals surface area contributed by atoms with Crippen molar-refractivity contribution in [1.29, 1.82) is 0 Å². The monoisotopic (exact) mass is 356 g/mol. The lowest BCUT2D eigenvalue weighted by atomic mass is 9.91. The van der Waals surface area contributed by atoms with Gasteiger partial charge in [-0.3, -0.25) is 4.79 Å². The highest BCUT2D eigenvalue weighted by Gasteiger charge is 2.34.